The van der Waals surface area contributed by atoms with Gasteiger partial charge in [0.05, 0.1) is 14.2 Å². The molecule has 1 aromatic rings. The van der Waals surface area contributed by atoms with Crippen molar-refractivity contribution in [1.82, 2.24) is 4.90 Å². The molecule has 4 nitrogen and oxygen atoms in total. The number of nitrogens with zero attached hydrogens (tertiary/aromatic N) is 1. The highest BCUT2D eigenvalue weighted by Crippen LogP contribution is 2.31. The Balaban J connectivity index is 3.05. The van der Waals surface area contributed by atoms with E-state index in [-0.39, 0.29) is 0 Å². The lowest BCUT2D eigenvalue weighted by molar-refractivity contribution is 0.324. The first-order valence-electron chi connectivity index (χ1n) is 5.23. The van der Waals surface area contributed by atoms with E-state index >= 15 is 0 Å². The van der Waals surface area contributed by atoms with Gasteiger partial charge in [0.2, 0.25) is 0 Å². The summed E-state index contributed by atoms with van der Waals surface area (Å²) in [5.41, 5.74) is 7.71. The monoisotopic (exact) mass is 224 g/mol. The van der Waals surface area contributed by atoms with Crippen molar-refractivity contribution in [3.05, 3.63) is 23.3 Å². The van der Waals surface area contributed by atoms with Crippen LogP contribution in [0, 0.1) is 6.92 Å². The van der Waals surface area contributed by atoms with Gasteiger partial charge in [0, 0.05) is 24.3 Å². The fourth-order valence-electron chi connectivity index (χ4n) is 1.71. The van der Waals surface area contributed by atoms with Gasteiger partial charge in [0.25, 0.3) is 0 Å². The summed E-state index contributed by atoms with van der Waals surface area (Å²) >= 11 is 0. The number of rotatable bonds is 5. The molecule has 1 rings (SSSR count). The van der Waals surface area contributed by atoms with E-state index in [1.807, 2.05) is 31.0 Å². The largest absolute Gasteiger partial charge is 0.496 e. The first kappa shape index (κ1) is 12.8. The SMILES string of the molecule is COc1ccc(CN(C)CN)c(OC)c1C. The molecule has 90 valence electrons. The second-order valence-electron chi connectivity index (χ2n) is 3.78. The van der Waals surface area contributed by atoms with Crippen molar-refractivity contribution >= 4 is 0 Å². The Labute approximate surface area is 96.9 Å². The minimum atomic E-state index is 0.522. The maximum atomic E-state index is 5.57. The summed E-state index contributed by atoms with van der Waals surface area (Å²) < 4.78 is 10.7. The Morgan fingerprint density at radius 1 is 1.25 bits per heavy atom. The fourth-order valence-corrected chi connectivity index (χ4v) is 1.71. The van der Waals surface area contributed by atoms with E-state index in [9.17, 15) is 0 Å². The van der Waals surface area contributed by atoms with Crippen molar-refractivity contribution in [3.63, 3.8) is 0 Å². The zero-order chi connectivity index (χ0) is 12.1. The lowest BCUT2D eigenvalue weighted by Gasteiger charge is -2.18. The first-order chi connectivity index (χ1) is 7.63. The number of hydrogen-bond acceptors (Lipinski definition) is 4. The van der Waals surface area contributed by atoms with Crippen molar-refractivity contribution in [1.29, 1.82) is 0 Å². The molecule has 0 amide bonds. The van der Waals surface area contributed by atoms with Crippen molar-refractivity contribution in [2.45, 2.75) is 13.5 Å². The summed E-state index contributed by atoms with van der Waals surface area (Å²) in [6.45, 7) is 3.28. The fraction of sp³-hybridized carbons (Fsp3) is 0.500. The lowest BCUT2D eigenvalue weighted by Crippen LogP contribution is -2.25. The van der Waals surface area contributed by atoms with E-state index in [0.717, 1.165) is 29.2 Å². The maximum absolute atomic E-state index is 5.57. The predicted molar refractivity (Wildman–Crippen MR) is 64.8 cm³/mol. The molecule has 1 aromatic carbocycles. The topological polar surface area (TPSA) is 47.7 Å². The van der Waals surface area contributed by atoms with Crippen molar-refractivity contribution in [3.8, 4) is 11.5 Å². The Bertz CT molecular complexity index is 353. The number of methoxy groups -OCH3 is 2. The molecule has 0 aliphatic heterocycles. The molecule has 0 unspecified atom stereocenters. The summed E-state index contributed by atoms with van der Waals surface area (Å²) in [5.74, 6) is 1.72. The standard InChI is InChI=1S/C12H20N2O2/c1-9-11(15-3)6-5-10(12(9)16-4)7-14(2)8-13/h5-6H,7-8,13H2,1-4H3. The van der Waals surface area contributed by atoms with Gasteiger partial charge >= 0.3 is 0 Å². The van der Waals surface area contributed by atoms with Gasteiger partial charge in [-0.15, -0.1) is 0 Å². The second-order valence-corrected chi connectivity index (χ2v) is 3.78. The average molecular weight is 224 g/mol. The Kier molecular flexibility index (Phi) is 4.58. The molecular formula is C12H20N2O2. The highest BCUT2D eigenvalue weighted by molar-refractivity contribution is 5.49. The lowest BCUT2D eigenvalue weighted by atomic mass is 10.1. The quantitative estimate of drug-likeness (QED) is 0.767. The van der Waals surface area contributed by atoms with Crippen LogP contribution in [0.5, 0.6) is 11.5 Å². The molecule has 0 aromatic heterocycles. The molecule has 0 fully saturated rings. The zero-order valence-corrected chi connectivity index (χ0v) is 10.4. The highest BCUT2D eigenvalue weighted by atomic mass is 16.5. The van der Waals surface area contributed by atoms with Gasteiger partial charge in [-0.05, 0) is 20.0 Å². The van der Waals surface area contributed by atoms with Gasteiger partial charge in [0.15, 0.2) is 0 Å². The summed E-state index contributed by atoms with van der Waals surface area (Å²) in [7, 11) is 5.31. The summed E-state index contributed by atoms with van der Waals surface area (Å²) in [4.78, 5) is 2.02. The summed E-state index contributed by atoms with van der Waals surface area (Å²) in [6.07, 6.45) is 0. The van der Waals surface area contributed by atoms with Gasteiger partial charge in [0.1, 0.15) is 11.5 Å². The molecule has 0 bridgehead atoms. The molecule has 16 heavy (non-hydrogen) atoms. The third-order valence-electron chi connectivity index (χ3n) is 2.61. The van der Waals surface area contributed by atoms with Crippen LogP contribution in [0.4, 0.5) is 0 Å². The van der Waals surface area contributed by atoms with Crippen LogP contribution >= 0.6 is 0 Å². The Hall–Kier alpha value is -1.26. The van der Waals surface area contributed by atoms with Crippen LogP contribution in [0.3, 0.4) is 0 Å². The van der Waals surface area contributed by atoms with Gasteiger partial charge in [-0.3, -0.25) is 4.90 Å². The number of ether oxygens (including phenoxy) is 2. The van der Waals surface area contributed by atoms with E-state index < -0.39 is 0 Å². The minimum absolute atomic E-state index is 0.522. The van der Waals surface area contributed by atoms with Crippen molar-refractivity contribution < 1.29 is 9.47 Å². The van der Waals surface area contributed by atoms with E-state index in [2.05, 4.69) is 0 Å². The third-order valence-corrected chi connectivity index (χ3v) is 2.61. The molecule has 2 N–H and O–H groups in total. The molecule has 0 aliphatic rings. The van der Waals surface area contributed by atoms with E-state index in [1.54, 1.807) is 14.2 Å². The third kappa shape index (κ3) is 2.65. The Morgan fingerprint density at radius 3 is 2.44 bits per heavy atom. The number of nitrogens with two attached hydrogens (primary N) is 1. The Morgan fingerprint density at radius 2 is 1.94 bits per heavy atom. The molecule has 0 saturated carbocycles. The van der Waals surface area contributed by atoms with Gasteiger partial charge in [-0.2, -0.15) is 0 Å². The number of hydrogen-bond donors (Lipinski definition) is 1. The van der Waals surface area contributed by atoms with Crippen LogP contribution in [0.25, 0.3) is 0 Å². The molecule has 0 spiro atoms. The predicted octanol–water partition coefficient (Wildman–Crippen LogP) is 1.36. The molecule has 0 saturated heterocycles. The molecule has 4 heteroatoms. The van der Waals surface area contributed by atoms with Crippen LogP contribution in [0.15, 0.2) is 12.1 Å². The van der Waals surface area contributed by atoms with Crippen LogP contribution in [0.2, 0.25) is 0 Å². The normalized spacial score (nSPS) is 10.6. The van der Waals surface area contributed by atoms with Crippen LogP contribution in [-0.2, 0) is 6.54 Å². The average Bonchev–Trinajstić information content (AvgIpc) is 2.29. The molecule has 0 radical (unpaired) electrons. The maximum Gasteiger partial charge on any atom is 0.129 e. The molecule has 0 heterocycles. The molecule has 0 atom stereocenters. The molecular weight excluding hydrogens is 204 g/mol. The van der Waals surface area contributed by atoms with E-state index in [1.165, 1.54) is 0 Å². The zero-order valence-electron chi connectivity index (χ0n) is 10.4. The highest BCUT2D eigenvalue weighted by Gasteiger charge is 2.11. The molecule has 0 aliphatic carbocycles. The minimum Gasteiger partial charge on any atom is -0.496 e. The second kappa shape index (κ2) is 5.72. The summed E-state index contributed by atoms with van der Waals surface area (Å²) in [6, 6.07) is 3.97. The van der Waals surface area contributed by atoms with E-state index in [4.69, 9.17) is 15.2 Å². The van der Waals surface area contributed by atoms with Crippen LogP contribution in [-0.4, -0.2) is 32.8 Å². The summed E-state index contributed by atoms with van der Waals surface area (Å²) in [5, 5.41) is 0. The number of benzene rings is 1. The van der Waals surface area contributed by atoms with Gasteiger partial charge in [-0.25, -0.2) is 0 Å². The van der Waals surface area contributed by atoms with Gasteiger partial charge in [-0.1, -0.05) is 6.07 Å². The van der Waals surface area contributed by atoms with Crippen molar-refractivity contribution in [2.24, 2.45) is 5.73 Å². The van der Waals surface area contributed by atoms with Crippen LogP contribution in [0.1, 0.15) is 11.1 Å². The van der Waals surface area contributed by atoms with Crippen molar-refractivity contribution in [2.75, 3.05) is 27.9 Å². The van der Waals surface area contributed by atoms with E-state index in [0.29, 0.717) is 6.67 Å². The van der Waals surface area contributed by atoms with Gasteiger partial charge < -0.3 is 15.2 Å². The first-order valence-corrected chi connectivity index (χ1v) is 5.23. The van der Waals surface area contributed by atoms with Crippen LogP contribution < -0.4 is 15.2 Å². The smallest absolute Gasteiger partial charge is 0.129 e.